The average molecular weight is 364 g/mol. The van der Waals surface area contributed by atoms with E-state index in [1.165, 1.54) is 11.1 Å². The maximum atomic E-state index is 11.3. The Hall–Kier alpha value is -1.68. The smallest absolute Gasteiger partial charge is 0.0597 e. The second-order valence-electron chi connectivity index (χ2n) is 8.62. The normalized spacial score (nSPS) is 36.6. The topological polar surface area (TPSA) is 32.7 Å². The summed E-state index contributed by atoms with van der Waals surface area (Å²) in [4.78, 5) is 2.64. The number of morpholine rings is 1. The maximum absolute atomic E-state index is 11.3. The fourth-order valence-electron chi connectivity index (χ4n) is 6.19. The highest BCUT2D eigenvalue weighted by Crippen LogP contribution is 2.59. The van der Waals surface area contributed by atoms with Crippen molar-refractivity contribution in [3.05, 3.63) is 71.8 Å². The predicted molar refractivity (Wildman–Crippen MR) is 107 cm³/mol. The van der Waals surface area contributed by atoms with Crippen LogP contribution in [0.15, 0.2) is 60.7 Å². The monoisotopic (exact) mass is 363 g/mol. The molecule has 1 unspecified atom stereocenters. The third-order valence-corrected chi connectivity index (χ3v) is 7.30. The minimum atomic E-state index is -0.245. The molecular weight excluding hydrogens is 334 g/mol. The summed E-state index contributed by atoms with van der Waals surface area (Å²) < 4.78 is 5.64. The van der Waals surface area contributed by atoms with Crippen LogP contribution in [0.4, 0.5) is 0 Å². The van der Waals surface area contributed by atoms with E-state index in [0.717, 1.165) is 45.6 Å². The summed E-state index contributed by atoms with van der Waals surface area (Å²) in [6.45, 7) is 3.60. The van der Waals surface area contributed by atoms with Crippen molar-refractivity contribution in [1.29, 1.82) is 0 Å². The van der Waals surface area contributed by atoms with Gasteiger partial charge < -0.3 is 9.84 Å². The van der Waals surface area contributed by atoms with Crippen molar-refractivity contribution in [2.24, 2.45) is 5.92 Å². The summed E-state index contributed by atoms with van der Waals surface area (Å²) in [5.41, 5.74) is 2.86. The van der Waals surface area contributed by atoms with Crippen LogP contribution in [0, 0.1) is 5.92 Å². The van der Waals surface area contributed by atoms with E-state index in [4.69, 9.17) is 4.74 Å². The van der Waals surface area contributed by atoms with Crippen molar-refractivity contribution in [3.63, 3.8) is 0 Å². The molecule has 3 atom stereocenters. The van der Waals surface area contributed by atoms with Crippen molar-refractivity contribution >= 4 is 0 Å². The van der Waals surface area contributed by atoms with Gasteiger partial charge in [0.05, 0.1) is 19.3 Å². The molecule has 0 spiro atoms. The molecule has 6 rings (SSSR count). The number of aliphatic hydroxyl groups is 1. The third kappa shape index (κ3) is 3.02. The molecule has 2 aromatic carbocycles. The summed E-state index contributed by atoms with van der Waals surface area (Å²) in [6, 6.07) is 21.8. The lowest BCUT2D eigenvalue weighted by molar-refractivity contribution is -0.126. The molecule has 0 amide bonds. The van der Waals surface area contributed by atoms with Gasteiger partial charge in [-0.3, -0.25) is 4.90 Å². The maximum Gasteiger partial charge on any atom is 0.0597 e. The van der Waals surface area contributed by atoms with Crippen molar-refractivity contribution in [1.82, 2.24) is 4.90 Å². The molecule has 0 radical (unpaired) electrons. The van der Waals surface area contributed by atoms with E-state index >= 15 is 0 Å². The molecular formula is C24H29NO2. The molecule has 1 N–H and O–H groups in total. The van der Waals surface area contributed by atoms with Gasteiger partial charge in [-0.05, 0) is 48.1 Å². The quantitative estimate of drug-likeness (QED) is 0.900. The molecule has 3 heteroatoms. The van der Waals surface area contributed by atoms with Crippen LogP contribution in [0.25, 0.3) is 0 Å². The summed E-state index contributed by atoms with van der Waals surface area (Å²) in [7, 11) is 0. The molecule has 3 saturated carbocycles. The van der Waals surface area contributed by atoms with Crippen molar-refractivity contribution in [2.75, 3.05) is 26.3 Å². The predicted octanol–water partition coefficient (Wildman–Crippen LogP) is 3.80. The van der Waals surface area contributed by atoms with Gasteiger partial charge in [-0.1, -0.05) is 60.7 Å². The molecule has 2 bridgehead atoms. The van der Waals surface area contributed by atoms with Crippen LogP contribution in [0.1, 0.15) is 42.2 Å². The van der Waals surface area contributed by atoms with Gasteiger partial charge in [-0.25, -0.2) is 0 Å². The zero-order valence-electron chi connectivity index (χ0n) is 15.8. The van der Waals surface area contributed by atoms with E-state index in [1.54, 1.807) is 0 Å². The fourth-order valence-corrected chi connectivity index (χ4v) is 6.19. The zero-order chi connectivity index (χ0) is 18.3. The first-order valence-electron chi connectivity index (χ1n) is 10.4. The SMILES string of the molecule is OC1CC2(N3CCOCC3)C[C@@H](c3ccccc3)C1[C@H](c1ccccc1)C2. The molecule has 2 aromatic rings. The first kappa shape index (κ1) is 17.4. The van der Waals surface area contributed by atoms with E-state index in [0.29, 0.717) is 17.8 Å². The Morgan fingerprint density at radius 3 is 1.81 bits per heavy atom. The van der Waals surface area contributed by atoms with Gasteiger partial charge in [0.2, 0.25) is 0 Å². The highest BCUT2D eigenvalue weighted by molar-refractivity contribution is 5.32. The van der Waals surface area contributed by atoms with Crippen LogP contribution >= 0.6 is 0 Å². The summed E-state index contributed by atoms with van der Waals surface area (Å²) >= 11 is 0. The molecule has 3 nitrogen and oxygen atoms in total. The van der Waals surface area contributed by atoms with E-state index in [-0.39, 0.29) is 11.6 Å². The standard InChI is InChI=1S/C24H29NO2/c26-22-17-24(25-11-13-27-14-12-25)15-20(18-7-3-1-4-8-18)23(22)21(16-24)19-9-5-2-6-10-19/h1-10,20-23,26H,11-17H2/t20-,21-,22?,23?,24?/m0/s1. The van der Waals surface area contributed by atoms with Crippen LogP contribution in [0.5, 0.6) is 0 Å². The first-order chi connectivity index (χ1) is 13.3. The molecule has 4 aliphatic rings. The Labute approximate surface area is 162 Å². The minimum absolute atomic E-state index is 0.0823. The molecule has 1 aliphatic heterocycles. The molecule has 27 heavy (non-hydrogen) atoms. The second-order valence-corrected chi connectivity index (χ2v) is 8.62. The minimum Gasteiger partial charge on any atom is -0.393 e. The van der Waals surface area contributed by atoms with E-state index in [2.05, 4.69) is 65.6 Å². The van der Waals surface area contributed by atoms with E-state index in [1.807, 2.05) is 0 Å². The lowest BCUT2D eigenvalue weighted by Crippen LogP contribution is -2.64. The Bertz CT molecular complexity index is 707. The molecule has 142 valence electrons. The van der Waals surface area contributed by atoms with Crippen molar-refractivity contribution in [2.45, 2.75) is 42.7 Å². The largest absolute Gasteiger partial charge is 0.393 e. The third-order valence-electron chi connectivity index (χ3n) is 7.30. The van der Waals surface area contributed by atoms with Gasteiger partial charge in [0.1, 0.15) is 0 Å². The van der Waals surface area contributed by atoms with Gasteiger partial charge >= 0.3 is 0 Å². The van der Waals surface area contributed by atoms with Crippen molar-refractivity contribution in [3.8, 4) is 0 Å². The molecule has 4 fully saturated rings. The number of aliphatic hydroxyl groups excluding tert-OH is 1. The van der Waals surface area contributed by atoms with Gasteiger partial charge in [0.15, 0.2) is 0 Å². The van der Waals surface area contributed by atoms with Gasteiger partial charge in [0.25, 0.3) is 0 Å². The Morgan fingerprint density at radius 2 is 1.30 bits per heavy atom. The number of rotatable bonds is 3. The number of fused-ring (bicyclic) bond motifs is 3. The van der Waals surface area contributed by atoms with Gasteiger partial charge in [-0.2, -0.15) is 0 Å². The number of benzene rings is 2. The van der Waals surface area contributed by atoms with Gasteiger partial charge in [-0.15, -0.1) is 0 Å². The number of nitrogens with zero attached hydrogens (tertiary/aromatic N) is 1. The lowest BCUT2D eigenvalue weighted by Gasteiger charge is -2.61. The number of hydrogen-bond acceptors (Lipinski definition) is 3. The van der Waals surface area contributed by atoms with Crippen LogP contribution in [-0.2, 0) is 4.74 Å². The molecule has 0 aromatic heterocycles. The molecule has 1 heterocycles. The first-order valence-corrected chi connectivity index (χ1v) is 10.4. The zero-order valence-corrected chi connectivity index (χ0v) is 15.8. The number of hydrogen-bond donors (Lipinski definition) is 1. The highest BCUT2D eigenvalue weighted by Gasteiger charge is 2.57. The van der Waals surface area contributed by atoms with Crippen LogP contribution in [-0.4, -0.2) is 48.0 Å². The lowest BCUT2D eigenvalue weighted by atomic mass is 9.51. The Balaban J connectivity index is 1.58. The van der Waals surface area contributed by atoms with Crippen LogP contribution in [0.2, 0.25) is 0 Å². The van der Waals surface area contributed by atoms with E-state index < -0.39 is 0 Å². The van der Waals surface area contributed by atoms with Gasteiger partial charge in [0, 0.05) is 18.6 Å². The molecule has 1 saturated heterocycles. The highest BCUT2D eigenvalue weighted by atomic mass is 16.5. The second kappa shape index (κ2) is 7.05. The van der Waals surface area contributed by atoms with E-state index in [9.17, 15) is 5.11 Å². The van der Waals surface area contributed by atoms with Crippen molar-refractivity contribution < 1.29 is 9.84 Å². The average Bonchev–Trinajstić information content (AvgIpc) is 2.75. The summed E-state index contributed by atoms with van der Waals surface area (Å²) in [6.07, 6.45) is 2.97. The summed E-state index contributed by atoms with van der Waals surface area (Å²) in [5.74, 6) is 1.13. The number of ether oxygens (including phenoxy) is 1. The Kier molecular flexibility index (Phi) is 4.55. The fraction of sp³-hybridized carbons (Fsp3) is 0.500. The summed E-state index contributed by atoms with van der Waals surface area (Å²) in [5, 5.41) is 11.3. The van der Waals surface area contributed by atoms with Crippen LogP contribution in [0.3, 0.4) is 0 Å². The molecule has 3 aliphatic carbocycles. The Morgan fingerprint density at radius 1 is 0.778 bits per heavy atom. The van der Waals surface area contributed by atoms with Crippen LogP contribution < -0.4 is 0 Å².